The van der Waals surface area contributed by atoms with E-state index in [0.717, 1.165) is 114 Å². The Morgan fingerprint density at radius 3 is 0.732 bits per heavy atom. The predicted octanol–water partition coefficient (Wildman–Crippen LogP) is 22.8. The number of hydrogen-bond donors (Lipinski definition) is 3. The zero-order valence-corrected chi connectivity index (χ0v) is 65.5. The Morgan fingerprint density at radius 1 is 0.289 bits per heavy atom. The number of esters is 4. The van der Waals surface area contributed by atoms with Gasteiger partial charge >= 0.3 is 39.5 Å². The first-order valence-electron chi connectivity index (χ1n) is 40.2. The summed E-state index contributed by atoms with van der Waals surface area (Å²) in [6.45, 7) is 14.2. The molecule has 0 spiro atoms. The van der Waals surface area contributed by atoms with Crippen molar-refractivity contribution >= 4 is 39.5 Å². The quantitative estimate of drug-likeness (QED) is 0.0222. The van der Waals surface area contributed by atoms with Gasteiger partial charge in [-0.1, -0.05) is 344 Å². The van der Waals surface area contributed by atoms with Crippen molar-refractivity contribution in [2.45, 2.75) is 414 Å². The molecule has 0 amide bonds. The van der Waals surface area contributed by atoms with E-state index in [1.54, 1.807) is 0 Å². The fraction of sp³-hybridized carbons (Fsp3) is 0.949. The van der Waals surface area contributed by atoms with Gasteiger partial charge in [-0.3, -0.25) is 37.3 Å². The molecule has 0 aromatic heterocycles. The van der Waals surface area contributed by atoms with E-state index in [4.69, 9.17) is 37.0 Å². The summed E-state index contributed by atoms with van der Waals surface area (Å²) in [6.07, 6.45) is 52.8. The van der Waals surface area contributed by atoms with E-state index in [1.165, 1.54) is 193 Å². The van der Waals surface area contributed by atoms with Crippen LogP contribution in [0.2, 0.25) is 0 Å². The summed E-state index contributed by atoms with van der Waals surface area (Å²) in [6, 6.07) is 0. The summed E-state index contributed by atoms with van der Waals surface area (Å²) in [4.78, 5) is 72.8. The van der Waals surface area contributed by atoms with E-state index in [2.05, 4.69) is 55.4 Å². The number of unbranched alkanes of at least 4 members (excludes halogenated alkanes) is 40. The molecule has 0 aliphatic carbocycles. The SMILES string of the molecule is CCC(C)CCCCCCCCCCCCCCCCC(=O)O[C@H](COC(=O)CCCCCCCCCCCC(C)C)COP(=O)(O)OCC(O)COP(=O)(O)OC[C@@H](COC(=O)CCCCCCCCC(C)C)OC(=O)CCCCCCCCCCCCCCCCCC(C)C. The third-order valence-electron chi connectivity index (χ3n) is 18.4. The van der Waals surface area contributed by atoms with E-state index in [9.17, 15) is 43.2 Å². The summed E-state index contributed by atoms with van der Waals surface area (Å²) in [5, 5.41) is 10.6. The van der Waals surface area contributed by atoms with Gasteiger partial charge in [-0.15, -0.1) is 0 Å². The molecule has 0 aromatic carbocycles. The van der Waals surface area contributed by atoms with Gasteiger partial charge in [0, 0.05) is 25.7 Å². The van der Waals surface area contributed by atoms with E-state index in [1.807, 2.05) is 0 Å². The van der Waals surface area contributed by atoms with Crippen molar-refractivity contribution in [3.05, 3.63) is 0 Å². The highest BCUT2D eigenvalue weighted by molar-refractivity contribution is 7.47. The van der Waals surface area contributed by atoms with Crippen LogP contribution in [-0.4, -0.2) is 96.7 Å². The Balaban J connectivity index is 5.21. The molecule has 0 saturated carbocycles. The molecule has 19 heteroatoms. The molecule has 6 atom stereocenters. The van der Waals surface area contributed by atoms with Gasteiger partial charge in [-0.2, -0.15) is 0 Å². The maximum atomic E-state index is 13.1. The lowest BCUT2D eigenvalue weighted by molar-refractivity contribution is -0.161. The highest BCUT2D eigenvalue weighted by atomic mass is 31.2. The molecular weight excluding hydrogens is 1270 g/mol. The molecule has 0 rings (SSSR count). The van der Waals surface area contributed by atoms with Crippen molar-refractivity contribution in [1.82, 2.24) is 0 Å². The van der Waals surface area contributed by atoms with Crippen molar-refractivity contribution in [1.29, 1.82) is 0 Å². The minimum atomic E-state index is -4.96. The number of ether oxygens (including phenoxy) is 4. The van der Waals surface area contributed by atoms with Gasteiger partial charge in [0.2, 0.25) is 0 Å². The molecule has 576 valence electrons. The predicted molar refractivity (Wildman–Crippen MR) is 395 cm³/mol. The molecular formula is C78H152O17P2. The fourth-order valence-electron chi connectivity index (χ4n) is 11.9. The van der Waals surface area contributed by atoms with E-state index >= 15 is 0 Å². The Kier molecular flexibility index (Phi) is 65.9. The number of phosphoric ester groups is 2. The molecule has 0 fully saturated rings. The number of carbonyl (C=O) groups excluding carboxylic acids is 4. The number of aliphatic hydroxyl groups excluding tert-OH is 1. The maximum Gasteiger partial charge on any atom is 0.472 e. The van der Waals surface area contributed by atoms with E-state index in [0.29, 0.717) is 31.6 Å². The van der Waals surface area contributed by atoms with Crippen LogP contribution in [0.25, 0.3) is 0 Å². The Bertz CT molecular complexity index is 1900. The smallest absolute Gasteiger partial charge is 0.462 e. The largest absolute Gasteiger partial charge is 0.472 e. The summed E-state index contributed by atoms with van der Waals surface area (Å²) in [5.74, 6) is 0.952. The van der Waals surface area contributed by atoms with Gasteiger partial charge in [0.15, 0.2) is 12.2 Å². The second-order valence-electron chi connectivity index (χ2n) is 29.8. The van der Waals surface area contributed by atoms with Crippen LogP contribution in [0.1, 0.15) is 396 Å². The van der Waals surface area contributed by atoms with Gasteiger partial charge in [-0.05, 0) is 49.4 Å². The highest BCUT2D eigenvalue weighted by Crippen LogP contribution is 2.45. The molecule has 0 aliphatic rings. The number of carbonyl (C=O) groups is 4. The molecule has 4 unspecified atom stereocenters. The number of rotatable bonds is 75. The topological polar surface area (TPSA) is 237 Å². The highest BCUT2D eigenvalue weighted by Gasteiger charge is 2.30. The second-order valence-corrected chi connectivity index (χ2v) is 32.7. The molecule has 0 bridgehead atoms. The van der Waals surface area contributed by atoms with Crippen LogP contribution in [0, 0.1) is 23.7 Å². The Morgan fingerprint density at radius 2 is 0.495 bits per heavy atom. The standard InChI is InChI=1S/C78H152O17P2/c1-9-71(8)57-49-41-32-26-20-16-13-14-18-22-28-35-45-53-60-77(82)94-73(64-88-75(80)58-50-42-33-29-23-25-31-39-47-55-69(4)5)66-92-96(84,85)90-62-72(79)63-91-97(86,87)93-67-74(65-89-76(81)59-51-43-37-36-40-48-56-70(6)7)95-78(83)61-52-44-34-27-21-17-12-10-11-15-19-24-30-38-46-54-68(2)3/h68-74,79H,9-67H2,1-8H3,(H,84,85)(H,86,87)/t71?,72?,73-,74-/m1/s1. The Labute approximate surface area is 594 Å². The maximum absolute atomic E-state index is 13.1. The van der Waals surface area contributed by atoms with Gasteiger partial charge in [0.25, 0.3) is 0 Å². The fourth-order valence-corrected chi connectivity index (χ4v) is 13.5. The van der Waals surface area contributed by atoms with Crippen molar-refractivity contribution in [2.24, 2.45) is 23.7 Å². The van der Waals surface area contributed by atoms with Crippen LogP contribution in [0.5, 0.6) is 0 Å². The third kappa shape index (κ3) is 70.9. The van der Waals surface area contributed by atoms with Crippen LogP contribution in [0.3, 0.4) is 0 Å². The lowest BCUT2D eigenvalue weighted by atomic mass is 9.99. The van der Waals surface area contributed by atoms with Crippen molar-refractivity contribution < 1.29 is 80.2 Å². The Hall–Kier alpha value is -1.94. The zero-order valence-electron chi connectivity index (χ0n) is 63.7. The van der Waals surface area contributed by atoms with E-state index in [-0.39, 0.29) is 25.7 Å². The van der Waals surface area contributed by atoms with Gasteiger partial charge in [0.1, 0.15) is 19.3 Å². The van der Waals surface area contributed by atoms with Crippen LogP contribution in [0.4, 0.5) is 0 Å². The minimum Gasteiger partial charge on any atom is -0.462 e. The van der Waals surface area contributed by atoms with Crippen LogP contribution < -0.4 is 0 Å². The molecule has 0 saturated heterocycles. The number of aliphatic hydroxyl groups is 1. The van der Waals surface area contributed by atoms with Crippen molar-refractivity contribution in [3.63, 3.8) is 0 Å². The normalized spacial score (nSPS) is 14.4. The first kappa shape index (κ1) is 95.1. The van der Waals surface area contributed by atoms with Crippen LogP contribution in [0.15, 0.2) is 0 Å². The summed E-state index contributed by atoms with van der Waals surface area (Å²) >= 11 is 0. The number of phosphoric acid groups is 2. The molecule has 17 nitrogen and oxygen atoms in total. The summed E-state index contributed by atoms with van der Waals surface area (Å²) < 4.78 is 68.6. The van der Waals surface area contributed by atoms with Crippen molar-refractivity contribution in [3.8, 4) is 0 Å². The van der Waals surface area contributed by atoms with Crippen molar-refractivity contribution in [2.75, 3.05) is 39.6 Å². The molecule has 97 heavy (non-hydrogen) atoms. The second kappa shape index (κ2) is 67.2. The number of hydrogen-bond acceptors (Lipinski definition) is 15. The third-order valence-corrected chi connectivity index (χ3v) is 20.3. The lowest BCUT2D eigenvalue weighted by Gasteiger charge is -2.21. The molecule has 0 radical (unpaired) electrons. The first-order chi connectivity index (χ1) is 46.6. The zero-order chi connectivity index (χ0) is 71.7. The minimum absolute atomic E-state index is 0.106. The summed E-state index contributed by atoms with van der Waals surface area (Å²) in [7, 11) is -9.92. The average molecular weight is 1420 g/mol. The first-order valence-corrected chi connectivity index (χ1v) is 43.2. The van der Waals surface area contributed by atoms with E-state index < -0.39 is 97.5 Å². The molecule has 0 aromatic rings. The average Bonchev–Trinajstić information content (AvgIpc) is 1.64. The molecule has 0 heterocycles. The van der Waals surface area contributed by atoms with Gasteiger partial charge in [0.05, 0.1) is 26.4 Å². The molecule has 3 N–H and O–H groups in total. The van der Waals surface area contributed by atoms with Gasteiger partial charge in [-0.25, -0.2) is 9.13 Å². The lowest BCUT2D eigenvalue weighted by Crippen LogP contribution is -2.30. The monoisotopic (exact) mass is 1420 g/mol. The summed E-state index contributed by atoms with van der Waals surface area (Å²) in [5.41, 5.74) is 0. The van der Waals surface area contributed by atoms with Gasteiger partial charge < -0.3 is 33.8 Å². The van der Waals surface area contributed by atoms with Crippen LogP contribution in [-0.2, 0) is 65.4 Å². The molecule has 0 aliphatic heterocycles. The van der Waals surface area contributed by atoms with Crippen LogP contribution >= 0.6 is 15.6 Å².